The Labute approximate surface area is 63.8 Å². The summed E-state index contributed by atoms with van der Waals surface area (Å²) in [7, 11) is 0. The van der Waals surface area contributed by atoms with Gasteiger partial charge in [0, 0.05) is 5.41 Å². The van der Waals surface area contributed by atoms with E-state index in [9.17, 15) is 4.79 Å². The maximum atomic E-state index is 10.4. The summed E-state index contributed by atoms with van der Waals surface area (Å²) in [5.41, 5.74) is -0.254. The van der Waals surface area contributed by atoms with Gasteiger partial charge in [-0.15, -0.1) is 0 Å². The quantitative estimate of drug-likeness (QED) is 0.588. The summed E-state index contributed by atoms with van der Waals surface area (Å²) in [6.07, 6.45) is 4.33. The van der Waals surface area contributed by atoms with Crippen LogP contribution in [0.2, 0.25) is 0 Å². The zero-order chi connectivity index (χ0) is 8.20. The van der Waals surface area contributed by atoms with Gasteiger partial charge in [0.25, 0.3) is 0 Å². The summed E-state index contributed by atoms with van der Waals surface area (Å²) in [5.74, 6) is 0.454. The first-order chi connectivity index (χ1) is 4.54. The highest BCUT2D eigenvalue weighted by Gasteiger charge is 2.24. The molecule has 0 heterocycles. The Balaban J connectivity index is 3.90. The van der Waals surface area contributed by atoms with Gasteiger partial charge in [-0.2, -0.15) is 0 Å². The van der Waals surface area contributed by atoms with Crippen molar-refractivity contribution in [2.75, 3.05) is 0 Å². The lowest BCUT2D eigenvalue weighted by Gasteiger charge is -2.23. The van der Waals surface area contributed by atoms with Crippen molar-refractivity contribution in [3.63, 3.8) is 0 Å². The van der Waals surface area contributed by atoms with Crippen LogP contribution in [0.5, 0.6) is 0 Å². The molecule has 1 atom stereocenters. The Morgan fingerprint density at radius 2 is 2.00 bits per heavy atom. The van der Waals surface area contributed by atoms with Crippen molar-refractivity contribution < 1.29 is 4.79 Å². The first-order valence-corrected chi connectivity index (χ1v) is 3.94. The Morgan fingerprint density at radius 3 is 2.30 bits per heavy atom. The molecular weight excluding hydrogens is 124 g/mol. The average molecular weight is 141 g/mol. The van der Waals surface area contributed by atoms with Gasteiger partial charge in [-0.1, -0.05) is 40.5 Å². The van der Waals surface area contributed by atoms with Crippen molar-refractivity contribution in [1.29, 1.82) is 0 Å². The monoisotopic (exact) mass is 141 g/mol. The molecule has 1 unspecified atom stereocenters. The molecule has 0 aliphatic heterocycles. The molecule has 1 heteroatoms. The molecule has 0 aliphatic carbocycles. The second-order valence-electron chi connectivity index (χ2n) is 3.51. The van der Waals surface area contributed by atoms with E-state index in [1.165, 1.54) is 0 Å². The molecule has 0 aromatic carbocycles. The third-order valence-corrected chi connectivity index (χ3v) is 2.22. The van der Waals surface area contributed by atoms with Crippen LogP contribution in [0.15, 0.2) is 0 Å². The van der Waals surface area contributed by atoms with E-state index in [0.29, 0.717) is 5.92 Å². The minimum atomic E-state index is -0.254. The minimum absolute atomic E-state index is 0.254. The van der Waals surface area contributed by atoms with E-state index in [-0.39, 0.29) is 5.41 Å². The van der Waals surface area contributed by atoms with Gasteiger partial charge in [-0.3, -0.25) is 4.79 Å². The van der Waals surface area contributed by atoms with Crippen LogP contribution < -0.4 is 0 Å². The van der Waals surface area contributed by atoms with Crippen molar-refractivity contribution in [3.8, 4) is 0 Å². The summed E-state index contributed by atoms with van der Waals surface area (Å²) < 4.78 is 0. The van der Waals surface area contributed by atoms with E-state index in [1.54, 1.807) is 0 Å². The molecule has 0 amide bonds. The standard InChI is InChI=1S/C9H17O/c1-5-6-8(2)9(3,4)7-10/h8H,5-6H2,1-4H3. The Bertz CT molecular complexity index is 105. The zero-order valence-corrected chi connectivity index (χ0v) is 7.40. The van der Waals surface area contributed by atoms with E-state index < -0.39 is 0 Å². The lowest BCUT2D eigenvalue weighted by molar-refractivity contribution is 0.299. The number of rotatable bonds is 4. The predicted molar refractivity (Wildman–Crippen MR) is 43.5 cm³/mol. The molecule has 0 aromatic rings. The largest absolute Gasteiger partial charge is 0.290 e. The fourth-order valence-corrected chi connectivity index (χ4v) is 0.894. The van der Waals surface area contributed by atoms with Gasteiger partial charge in [0.05, 0.1) is 0 Å². The Kier molecular flexibility index (Phi) is 3.62. The molecule has 0 aliphatic rings. The minimum Gasteiger partial charge on any atom is -0.290 e. The predicted octanol–water partition coefficient (Wildman–Crippen LogP) is 2.56. The highest BCUT2D eigenvalue weighted by molar-refractivity contribution is 5.59. The highest BCUT2D eigenvalue weighted by atomic mass is 16.1. The van der Waals surface area contributed by atoms with Crippen molar-refractivity contribution in [2.24, 2.45) is 11.3 Å². The normalized spacial score (nSPS) is 14.8. The fourth-order valence-electron chi connectivity index (χ4n) is 0.894. The zero-order valence-electron chi connectivity index (χ0n) is 7.40. The van der Waals surface area contributed by atoms with Crippen LogP contribution in [-0.2, 0) is 4.79 Å². The average Bonchev–Trinajstić information content (AvgIpc) is 1.89. The maximum Gasteiger partial charge on any atom is 0.204 e. The molecule has 10 heavy (non-hydrogen) atoms. The number of hydrogen-bond donors (Lipinski definition) is 0. The van der Waals surface area contributed by atoms with Gasteiger partial charge in [0.1, 0.15) is 0 Å². The third-order valence-electron chi connectivity index (χ3n) is 2.22. The number of carbonyl (C=O) groups excluding carboxylic acids is 1. The molecule has 0 N–H and O–H groups in total. The van der Waals surface area contributed by atoms with Crippen LogP contribution in [0.1, 0.15) is 40.5 Å². The molecule has 0 rings (SSSR count). The van der Waals surface area contributed by atoms with Crippen LogP contribution >= 0.6 is 0 Å². The van der Waals surface area contributed by atoms with Crippen LogP contribution in [0, 0.1) is 11.3 Å². The van der Waals surface area contributed by atoms with Crippen LogP contribution in [0.4, 0.5) is 0 Å². The topological polar surface area (TPSA) is 17.1 Å². The van der Waals surface area contributed by atoms with Crippen molar-refractivity contribution in [3.05, 3.63) is 0 Å². The Hall–Kier alpha value is -0.330. The van der Waals surface area contributed by atoms with E-state index in [2.05, 4.69) is 20.1 Å². The lowest BCUT2D eigenvalue weighted by atomic mass is 9.79. The van der Waals surface area contributed by atoms with E-state index in [0.717, 1.165) is 12.8 Å². The van der Waals surface area contributed by atoms with Gasteiger partial charge < -0.3 is 0 Å². The highest BCUT2D eigenvalue weighted by Crippen LogP contribution is 2.27. The van der Waals surface area contributed by atoms with E-state index >= 15 is 0 Å². The second kappa shape index (κ2) is 3.75. The molecule has 0 saturated carbocycles. The fraction of sp³-hybridized carbons (Fsp3) is 0.889. The molecule has 0 saturated heterocycles. The van der Waals surface area contributed by atoms with Crippen LogP contribution in [0.25, 0.3) is 0 Å². The van der Waals surface area contributed by atoms with Gasteiger partial charge in [0.2, 0.25) is 6.29 Å². The van der Waals surface area contributed by atoms with E-state index in [4.69, 9.17) is 0 Å². The summed E-state index contributed by atoms with van der Waals surface area (Å²) in [6.45, 7) is 8.13. The summed E-state index contributed by atoms with van der Waals surface area (Å²) in [6, 6.07) is 0. The summed E-state index contributed by atoms with van der Waals surface area (Å²) in [4.78, 5) is 10.4. The molecule has 0 aromatic heterocycles. The molecular formula is C9H17O. The molecule has 1 radical (unpaired) electrons. The first kappa shape index (κ1) is 9.67. The third kappa shape index (κ3) is 2.51. The smallest absolute Gasteiger partial charge is 0.204 e. The summed E-state index contributed by atoms with van der Waals surface area (Å²) >= 11 is 0. The molecule has 1 nitrogen and oxygen atoms in total. The molecule has 0 bridgehead atoms. The van der Waals surface area contributed by atoms with Crippen LogP contribution in [-0.4, -0.2) is 6.29 Å². The number of hydrogen-bond acceptors (Lipinski definition) is 1. The molecule has 0 fully saturated rings. The Morgan fingerprint density at radius 1 is 1.50 bits per heavy atom. The van der Waals surface area contributed by atoms with Crippen LogP contribution in [0.3, 0.4) is 0 Å². The molecule has 59 valence electrons. The van der Waals surface area contributed by atoms with Gasteiger partial charge in [0.15, 0.2) is 0 Å². The molecule has 0 spiro atoms. The lowest BCUT2D eigenvalue weighted by Crippen LogP contribution is -2.22. The van der Waals surface area contributed by atoms with Crippen molar-refractivity contribution in [2.45, 2.75) is 40.5 Å². The first-order valence-electron chi connectivity index (χ1n) is 3.94. The summed E-state index contributed by atoms with van der Waals surface area (Å²) in [5, 5.41) is 0. The second-order valence-corrected chi connectivity index (χ2v) is 3.51. The SMILES string of the molecule is CCCC(C)C(C)(C)[C]=O. The van der Waals surface area contributed by atoms with Gasteiger partial charge in [-0.05, 0) is 5.92 Å². The van der Waals surface area contributed by atoms with E-state index in [1.807, 2.05) is 13.8 Å². The van der Waals surface area contributed by atoms with Crippen molar-refractivity contribution in [1.82, 2.24) is 0 Å². The van der Waals surface area contributed by atoms with Crippen molar-refractivity contribution >= 4 is 6.29 Å². The maximum absolute atomic E-state index is 10.4. The van der Waals surface area contributed by atoms with Gasteiger partial charge in [-0.25, -0.2) is 0 Å². The van der Waals surface area contributed by atoms with Gasteiger partial charge >= 0.3 is 0 Å².